The van der Waals surface area contributed by atoms with Crippen molar-refractivity contribution in [2.45, 2.75) is 44.0 Å². The molecule has 0 saturated carbocycles. The molecule has 3 unspecified atom stereocenters. The van der Waals surface area contributed by atoms with Crippen LogP contribution in [-0.4, -0.2) is 45.7 Å². The lowest BCUT2D eigenvalue weighted by atomic mass is 9.78. The fraction of sp³-hybridized carbons (Fsp3) is 0.455. The van der Waals surface area contributed by atoms with Gasteiger partial charge in [0.25, 0.3) is 5.91 Å². The van der Waals surface area contributed by atoms with E-state index in [1.807, 2.05) is 6.92 Å². The van der Waals surface area contributed by atoms with Gasteiger partial charge in [-0.15, -0.1) is 0 Å². The number of rotatable bonds is 6. The number of nitrogens with two attached hydrogens (primary N) is 1. The third-order valence-corrected chi connectivity index (χ3v) is 6.89. The number of carbonyl (C=O) groups is 1. The molecule has 35 heavy (non-hydrogen) atoms. The first-order chi connectivity index (χ1) is 16.5. The molecule has 4 rings (SSSR count). The number of aliphatic imine (C=N–C) groups is 1. The molecular formula is C22H22F5N5O2S. The summed E-state index contributed by atoms with van der Waals surface area (Å²) in [7, 11) is 0. The summed E-state index contributed by atoms with van der Waals surface area (Å²) in [4.78, 5) is 25.0. The van der Waals surface area contributed by atoms with Crippen LogP contribution in [0.1, 0.15) is 41.5 Å². The number of amidine groups is 1. The average molecular weight is 516 g/mol. The van der Waals surface area contributed by atoms with Crippen LogP contribution in [-0.2, 0) is 16.7 Å². The topological polar surface area (TPSA) is 102 Å². The van der Waals surface area contributed by atoms with Gasteiger partial charge in [0.15, 0.2) is 22.9 Å². The molecule has 0 radical (unpaired) electrons. The van der Waals surface area contributed by atoms with E-state index in [1.165, 1.54) is 12.4 Å². The van der Waals surface area contributed by atoms with Gasteiger partial charge >= 0.3 is 6.18 Å². The average Bonchev–Trinajstić information content (AvgIpc) is 3.20. The molecule has 2 aromatic rings. The van der Waals surface area contributed by atoms with E-state index in [4.69, 9.17) is 10.5 Å². The van der Waals surface area contributed by atoms with Crippen LogP contribution < -0.4 is 11.1 Å². The van der Waals surface area contributed by atoms with Gasteiger partial charge in [0.2, 0.25) is 0 Å². The number of unbranched alkanes of at least 4 members (excludes halogenated alkanes) is 1. The van der Waals surface area contributed by atoms with Crippen molar-refractivity contribution in [1.29, 1.82) is 0 Å². The third-order valence-electron chi connectivity index (χ3n) is 5.98. The first kappa shape index (κ1) is 25.3. The first-order valence-corrected chi connectivity index (χ1v) is 11.8. The van der Waals surface area contributed by atoms with Crippen molar-refractivity contribution in [1.82, 2.24) is 9.97 Å². The molecule has 2 aliphatic heterocycles. The Labute approximate surface area is 201 Å². The van der Waals surface area contributed by atoms with E-state index >= 15 is 0 Å². The number of nitrogens with one attached hydrogen (secondary N) is 1. The molecule has 0 spiro atoms. The van der Waals surface area contributed by atoms with Gasteiger partial charge in [-0.25, -0.2) is 18.8 Å². The standard InChI is InChI=1S/C22H22F5N5O2S/c1-2-3-4-11-7-30-16(8-29-11)19(33)31-12-5-13(17(24)15(23)6-12)21-10-34-18(22(25,26)27)14(21)9-35-20(28)32-21/h5-8,14,18H,2-4,9-10H2,1H3,(H2,28,32)(H,31,33). The number of nitrogens with zero attached hydrogens (tertiary/aromatic N) is 3. The lowest BCUT2D eigenvalue weighted by Crippen LogP contribution is -2.46. The number of alkyl halides is 3. The van der Waals surface area contributed by atoms with E-state index in [1.54, 1.807) is 0 Å². The summed E-state index contributed by atoms with van der Waals surface area (Å²) in [5.74, 6) is -5.00. The van der Waals surface area contributed by atoms with Gasteiger partial charge in [-0.3, -0.25) is 9.78 Å². The predicted molar refractivity (Wildman–Crippen MR) is 120 cm³/mol. The molecule has 188 valence electrons. The number of hydrogen-bond acceptors (Lipinski definition) is 7. The highest BCUT2D eigenvalue weighted by Gasteiger charge is 2.62. The highest BCUT2D eigenvalue weighted by atomic mass is 32.2. The summed E-state index contributed by atoms with van der Waals surface area (Å²) < 4.78 is 75.3. The van der Waals surface area contributed by atoms with Gasteiger partial charge in [-0.2, -0.15) is 13.2 Å². The summed E-state index contributed by atoms with van der Waals surface area (Å²) in [6.45, 7) is 1.38. The van der Waals surface area contributed by atoms with Gasteiger partial charge in [0.1, 0.15) is 11.2 Å². The molecule has 1 fully saturated rings. The molecule has 3 heterocycles. The van der Waals surface area contributed by atoms with Crippen molar-refractivity contribution in [2.75, 3.05) is 17.7 Å². The van der Waals surface area contributed by atoms with Crippen LogP contribution in [0.15, 0.2) is 29.5 Å². The SMILES string of the molecule is CCCCc1cnc(C(=O)Nc2cc(F)c(F)c(C34COC(C(F)(F)F)C3CSC(N)=N4)c2)cn1. The highest BCUT2D eigenvalue weighted by Crippen LogP contribution is 2.52. The zero-order chi connectivity index (χ0) is 25.4. The van der Waals surface area contributed by atoms with Crippen LogP contribution in [0.2, 0.25) is 0 Å². The first-order valence-electron chi connectivity index (χ1n) is 10.8. The van der Waals surface area contributed by atoms with E-state index in [0.717, 1.165) is 36.7 Å². The van der Waals surface area contributed by atoms with Gasteiger partial charge in [0.05, 0.1) is 18.5 Å². The summed E-state index contributed by atoms with van der Waals surface area (Å²) in [5.41, 5.74) is 3.84. The number of halogens is 5. The number of aryl methyl sites for hydroxylation is 1. The molecular weight excluding hydrogens is 493 g/mol. The highest BCUT2D eigenvalue weighted by molar-refractivity contribution is 8.13. The molecule has 0 aliphatic carbocycles. The zero-order valence-corrected chi connectivity index (χ0v) is 19.3. The van der Waals surface area contributed by atoms with E-state index < -0.39 is 53.4 Å². The maximum absolute atomic E-state index is 15.0. The molecule has 3 N–H and O–H groups in total. The Hall–Kier alpha value is -2.80. The van der Waals surface area contributed by atoms with Crippen LogP contribution in [0.5, 0.6) is 0 Å². The van der Waals surface area contributed by atoms with E-state index in [-0.39, 0.29) is 22.3 Å². The molecule has 3 atom stereocenters. The van der Waals surface area contributed by atoms with Gasteiger partial charge in [-0.05, 0) is 18.9 Å². The van der Waals surface area contributed by atoms with Gasteiger partial charge in [-0.1, -0.05) is 25.1 Å². The minimum Gasteiger partial charge on any atom is -0.379 e. The lowest BCUT2D eigenvalue weighted by molar-refractivity contribution is -0.215. The largest absolute Gasteiger partial charge is 0.415 e. The van der Waals surface area contributed by atoms with E-state index in [0.29, 0.717) is 12.1 Å². The number of benzene rings is 1. The van der Waals surface area contributed by atoms with Crippen molar-refractivity contribution in [3.05, 3.63) is 53.1 Å². The number of anilines is 1. The molecule has 0 bridgehead atoms. The fourth-order valence-electron chi connectivity index (χ4n) is 4.23. The number of aromatic nitrogens is 2. The predicted octanol–water partition coefficient (Wildman–Crippen LogP) is 4.18. The Morgan fingerprint density at radius 2 is 2.06 bits per heavy atom. The fourth-order valence-corrected chi connectivity index (χ4v) is 5.25. The maximum atomic E-state index is 15.0. The Bertz CT molecular complexity index is 1140. The number of hydrogen-bond donors (Lipinski definition) is 2. The third kappa shape index (κ3) is 4.96. The molecule has 1 amide bonds. The lowest BCUT2D eigenvalue weighted by Gasteiger charge is -2.36. The van der Waals surface area contributed by atoms with Crippen molar-refractivity contribution < 1.29 is 31.5 Å². The summed E-state index contributed by atoms with van der Waals surface area (Å²) in [5, 5.41) is 2.33. The minimum absolute atomic E-state index is 0.0646. The van der Waals surface area contributed by atoms with Crippen LogP contribution >= 0.6 is 11.8 Å². The molecule has 2 aliphatic rings. The monoisotopic (exact) mass is 515 g/mol. The zero-order valence-electron chi connectivity index (χ0n) is 18.5. The molecule has 1 aromatic heterocycles. The molecule has 7 nitrogen and oxygen atoms in total. The van der Waals surface area contributed by atoms with Gasteiger partial charge in [0, 0.05) is 35.2 Å². The van der Waals surface area contributed by atoms with Crippen molar-refractivity contribution in [3.63, 3.8) is 0 Å². The van der Waals surface area contributed by atoms with Crippen LogP contribution in [0.3, 0.4) is 0 Å². The molecule has 13 heteroatoms. The van der Waals surface area contributed by atoms with Crippen molar-refractivity contribution in [2.24, 2.45) is 16.6 Å². The summed E-state index contributed by atoms with van der Waals surface area (Å²) >= 11 is 0.882. The summed E-state index contributed by atoms with van der Waals surface area (Å²) in [6, 6.07) is 1.79. The second kappa shape index (κ2) is 9.69. The van der Waals surface area contributed by atoms with Gasteiger partial charge < -0.3 is 15.8 Å². The maximum Gasteiger partial charge on any atom is 0.415 e. The second-order valence-electron chi connectivity index (χ2n) is 8.34. The molecule has 1 saturated heterocycles. The molecule has 1 aromatic carbocycles. The number of thioether (sulfide) groups is 1. The van der Waals surface area contributed by atoms with E-state index in [9.17, 15) is 26.7 Å². The smallest absolute Gasteiger partial charge is 0.379 e. The quantitative estimate of drug-likeness (QED) is 0.560. The van der Waals surface area contributed by atoms with Crippen LogP contribution in [0.25, 0.3) is 0 Å². The normalized spacial score (nSPS) is 24.1. The Kier molecular flexibility index (Phi) is 7.00. The summed E-state index contributed by atoms with van der Waals surface area (Å²) in [6.07, 6.45) is -1.68. The van der Waals surface area contributed by atoms with Crippen LogP contribution in [0.4, 0.5) is 27.6 Å². The number of fused-ring (bicyclic) bond motifs is 1. The Morgan fingerprint density at radius 3 is 2.71 bits per heavy atom. The van der Waals surface area contributed by atoms with Crippen molar-refractivity contribution in [3.8, 4) is 0 Å². The van der Waals surface area contributed by atoms with Crippen molar-refractivity contribution >= 4 is 28.5 Å². The van der Waals surface area contributed by atoms with Crippen LogP contribution in [0, 0.1) is 17.6 Å². The Morgan fingerprint density at radius 1 is 1.29 bits per heavy atom. The Balaban J connectivity index is 1.66. The minimum atomic E-state index is -4.74. The number of carbonyl (C=O) groups excluding carboxylic acids is 1. The van der Waals surface area contributed by atoms with E-state index in [2.05, 4.69) is 20.3 Å². The number of ether oxygens (including phenoxy) is 1. The number of amides is 1. The second-order valence-corrected chi connectivity index (χ2v) is 9.38.